The fourth-order valence-corrected chi connectivity index (χ4v) is 2.72. The van der Waals surface area contributed by atoms with Crippen molar-refractivity contribution in [3.05, 3.63) is 34.0 Å². The lowest BCUT2D eigenvalue weighted by molar-refractivity contribution is 1.07. The minimum Gasteiger partial charge on any atom is -0.396 e. The molecule has 0 aromatic carbocycles. The molecule has 3 aromatic rings. The van der Waals surface area contributed by atoms with Crippen LogP contribution in [0.3, 0.4) is 0 Å². The van der Waals surface area contributed by atoms with Gasteiger partial charge in [-0.3, -0.25) is 4.40 Å². The lowest BCUT2D eigenvalue weighted by Gasteiger charge is -2.04. The smallest absolute Gasteiger partial charge is 0.345 e. The summed E-state index contributed by atoms with van der Waals surface area (Å²) in [5.74, 6) is 0. The molecule has 0 aliphatic carbocycles. The van der Waals surface area contributed by atoms with E-state index < -0.39 is 5.69 Å². The van der Waals surface area contributed by atoms with Crippen LogP contribution >= 0.6 is 11.3 Å². The number of nitrogen functional groups attached to an aromatic ring is 1. The molecule has 0 saturated heterocycles. The number of nitrogens with one attached hydrogen (secondary N) is 1. The van der Waals surface area contributed by atoms with Crippen molar-refractivity contribution in [2.24, 2.45) is 0 Å². The average molecular weight is 247 g/mol. The molecule has 0 fully saturated rings. The fourth-order valence-electron chi connectivity index (χ4n) is 1.79. The van der Waals surface area contributed by atoms with Crippen LogP contribution in [0.25, 0.3) is 16.3 Å². The number of aromatic amines is 1. The van der Waals surface area contributed by atoms with E-state index in [1.165, 1.54) is 6.20 Å². The van der Waals surface area contributed by atoms with Crippen LogP contribution in [0.2, 0.25) is 0 Å². The molecule has 0 aliphatic rings. The predicted octanol–water partition coefficient (Wildman–Crippen LogP) is 1.04. The van der Waals surface area contributed by atoms with Crippen LogP contribution in [0.5, 0.6) is 0 Å². The molecule has 0 radical (unpaired) electrons. The Morgan fingerprint density at radius 1 is 1.47 bits per heavy atom. The van der Waals surface area contributed by atoms with Gasteiger partial charge in [0, 0.05) is 17.3 Å². The molecule has 0 amide bonds. The molecule has 17 heavy (non-hydrogen) atoms. The first kappa shape index (κ1) is 10.0. The van der Waals surface area contributed by atoms with Crippen LogP contribution in [-0.2, 0) is 0 Å². The Morgan fingerprint density at radius 3 is 3.12 bits per heavy atom. The zero-order valence-corrected chi connectivity index (χ0v) is 9.78. The van der Waals surface area contributed by atoms with Crippen LogP contribution in [0.1, 0.15) is 4.88 Å². The first-order chi connectivity index (χ1) is 8.16. The second kappa shape index (κ2) is 3.42. The van der Waals surface area contributed by atoms with Crippen LogP contribution in [-0.4, -0.2) is 19.4 Å². The number of anilines is 1. The first-order valence-corrected chi connectivity index (χ1v) is 5.76. The van der Waals surface area contributed by atoms with Gasteiger partial charge in [0.15, 0.2) is 4.96 Å². The Bertz CT molecular complexity index is 753. The van der Waals surface area contributed by atoms with E-state index in [4.69, 9.17) is 5.73 Å². The summed E-state index contributed by atoms with van der Waals surface area (Å²) in [6, 6.07) is 0. The number of H-pyrrole nitrogens is 1. The highest BCUT2D eigenvalue weighted by molar-refractivity contribution is 7.17. The zero-order chi connectivity index (χ0) is 12.0. The van der Waals surface area contributed by atoms with Crippen molar-refractivity contribution in [3.8, 4) is 11.4 Å². The molecule has 6 nitrogen and oxygen atoms in total. The molecule has 3 rings (SSSR count). The number of nitrogens with two attached hydrogens (primary N) is 1. The highest BCUT2D eigenvalue weighted by atomic mass is 32.1. The van der Waals surface area contributed by atoms with Gasteiger partial charge in [0.25, 0.3) is 0 Å². The molecule has 0 unspecified atom stereocenters. The third-order valence-corrected chi connectivity index (χ3v) is 3.49. The molecule has 0 aliphatic heterocycles. The van der Waals surface area contributed by atoms with Gasteiger partial charge in [0.1, 0.15) is 0 Å². The predicted molar refractivity (Wildman–Crippen MR) is 66.1 cm³/mol. The third kappa shape index (κ3) is 1.43. The Balaban J connectivity index is 2.40. The number of hydrogen-bond donors (Lipinski definition) is 2. The quantitative estimate of drug-likeness (QED) is 0.672. The summed E-state index contributed by atoms with van der Waals surface area (Å²) in [4.78, 5) is 23.7. The zero-order valence-electron chi connectivity index (χ0n) is 8.97. The molecule has 7 heteroatoms. The van der Waals surface area contributed by atoms with Crippen LogP contribution in [0.4, 0.5) is 5.69 Å². The largest absolute Gasteiger partial charge is 0.396 e. The highest BCUT2D eigenvalue weighted by Crippen LogP contribution is 2.31. The summed E-state index contributed by atoms with van der Waals surface area (Å²) < 4.78 is 1.90. The minimum atomic E-state index is -0.409. The van der Waals surface area contributed by atoms with Crippen molar-refractivity contribution in [1.82, 2.24) is 19.4 Å². The van der Waals surface area contributed by atoms with Crippen molar-refractivity contribution in [2.75, 3.05) is 5.73 Å². The summed E-state index contributed by atoms with van der Waals surface area (Å²) in [6.07, 6.45) is 4.92. The summed E-state index contributed by atoms with van der Waals surface area (Å²) in [5.41, 5.74) is 7.33. The molecule has 0 atom stereocenters. The number of imidazole rings is 1. The van der Waals surface area contributed by atoms with Gasteiger partial charge < -0.3 is 10.7 Å². The maximum Gasteiger partial charge on any atom is 0.345 e. The topological polar surface area (TPSA) is 89.1 Å². The number of aromatic nitrogens is 4. The summed E-state index contributed by atoms with van der Waals surface area (Å²) in [6.45, 7) is 1.97. The van der Waals surface area contributed by atoms with Crippen molar-refractivity contribution in [3.63, 3.8) is 0 Å². The molecular weight excluding hydrogens is 238 g/mol. The molecule has 0 saturated carbocycles. The van der Waals surface area contributed by atoms with E-state index in [9.17, 15) is 4.79 Å². The van der Waals surface area contributed by atoms with Gasteiger partial charge in [0.05, 0.1) is 23.3 Å². The Labute approximate surface area is 99.8 Å². The molecule has 86 valence electrons. The van der Waals surface area contributed by atoms with Gasteiger partial charge in [-0.05, 0) is 6.92 Å². The maximum atomic E-state index is 11.3. The standard InChI is InChI=1S/C10H9N5OS/c1-5-8(15-3-2-12-10(15)17-5)7-6(11)4-13-9(16)14-7/h2-4H,11H2,1H3,(H,13,14,16). The van der Waals surface area contributed by atoms with E-state index in [0.29, 0.717) is 11.4 Å². The highest BCUT2D eigenvalue weighted by Gasteiger charge is 2.14. The van der Waals surface area contributed by atoms with Gasteiger partial charge >= 0.3 is 5.69 Å². The third-order valence-electron chi connectivity index (χ3n) is 2.50. The molecule has 3 heterocycles. The molecule has 0 spiro atoms. The molecule has 0 bridgehead atoms. The Morgan fingerprint density at radius 2 is 2.29 bits per heavy atom. The van der Waals surface area contributed by atoms with E-state index >= 15 is 0 Å². The maximum absolute atomic E-state index is 11.3. The van der Waals surface area contributed by atoms with E-state index in [2.05, 4.69) is 15.0 Å². The van der Waals surface area contributed by atoms with E-state index in [0.717, 1.165) is 15.5 Å². The fraction of sp³-hybridized carbons (Fsp3) is 0.100. The Kier molecular flexibility index (Phi) is 2.02. The summed E-state index contributed by atoms with van der Waals surface area (Å²) in [5, 5.41) is 0. The molecule has 3 N–H and O–H groups in total. The lowest BCUT2D eigenvalue weighted by Crippen LogP contribution is -2.12. The van der Waals surface area contributed by atoms with Crippen molar-refractivity contribution in [1.29, 1.82) is 0 Å². The molecular formula is C10H9N5OS. The normalized spacial score (nSPS) is 11.1. The minimum absolute atomic E-state index is 0.409. The van der Waals surface area contributed by atoms with E-state index in [-0.39, 0.29) is 0 Å². The van der Waals surface area contributed by atoms with E-state index in [1.807, 2.05) is 17.5 Å². The van der Waals surface area contributed by atoms with Crippen LogP contribution in [0.15, 0.2) is 23.4 Å². The number of rotatable bonds is 1. The second-order valence-electron chi connectivity index (χ2n) is 3.61. The van der Waals surface area contributed by atoms with Crippen molar-refractivity contribution in [2.45, 2.75) is 6.92 Å². The molecule has 3 aromatic heterocycles. The van der Waals surface area contributed by atoms with Gasteiger partial charge in [-0.1, -0.05) is 0 Å². The number of aryl methyl sites for hydroxylation is 1. The van der Waals surface area contributed by atoms with Gasteiger partial charge in [-0.2, -0.15) is 4.98 Å². The lowest BCUT2D eigenvalue weighted by atomic mass is 10.2. The van der Waals surface area contributed by atoms with Gasteiger partial charge in [-0.25, -0.2) is 9.78 Å². The number of fused-ring (bicyclic) bond motifs is 1. The van der Waals surface area contributed by atoms with Crippen LogP contribution in [0, 0.1) is 6.92 Å². The second-order valence-corrected chi connectivity index (χ2v) is 4.79. The van der Waals surface area contributed by atoms with Crippen LogP contribution < -0.4 is 11.4 Å². The Hall–Kier alpha value is -2.15. The van der Waals surface area contributed by atoms with Gasteiger partial charge in [-0.15, -0.1) is 11.3 Å². The number of hydrogen-bond acceptors (Lipinski definition) is 5. The monoisotopic (exact) mass is 247 g/mol. The first-order valence-electron chi connectivity index (χ1n) is 4.94. The SMILES string of the molecule is Cc1sc2nccn2c1-c1[nH]c(=O)ncc1N. The van der Waals surface area contributed by atoms with Crippen molar-refractivity contribution < 1.29 is 0 Å². The number of thiazole rings is 1. The summed E-state index contributed by atoms with van der Waals surface area (Å²) >= 11 is 1.55. The summed E-state index contributed by atoms with van der Waals surface area (Å²) in [7, 11) is 0. The van der Waals surface area contributed by atoms with Crippen molar-refractivity contribution >= 4 is 22.0 Å². The number of nitrogens with zero attached hydrogens (tertiary/aromatic N) is 3. The average Bonchev–Trinajstić information content (AvgIpc) is 2.82. The van der Waals surface area contributed by atoms with E-state index in [1.54, 1.807) is 17.5 Å². The van der Waals surface area contributed by atoms with Gasteiger partial charge in [0.2, 0.25) is 0 Å².